The summed E-state index contributed by atoms with van der Waals surface area (Å²) >= 11 is 0. The van der Waals surface area contributed by atoms with Gasteiger partial charge in [0.1, 0.15) is 0 Å². The van der Waals surface area contributed by atoms with Crippen molar-refractivity contribution >= 4 is 17.9 Å². The molecule has 3 aromatic rings. The van der Waals surface area contributed by atoms with E-state index in [0.29, 0.717) is 31.1 Å². The van der Waals surface area contributed by atoms with Crippen LogP contribution in [0.2, 0.25) is 0 Å². The molecular formula is C25H27N5O3. The number of urea groups is 1. The number of methoxy groups -OCH3 is 1. The van der Waals surface area contributed by atoms with Gasteiger partial charge in [0.2, 0.25) is 5.95 Å². The number of ether oxygens (including phenoxy) is 1. The molecule has 0 aliphatic carbocycles. The molecule has 1 aliphatic heterocycles. The quantitative estimate of drug-likeness (QED) is 0.542. The van der Waals surface area contributed by atoms with Crippen LogP contribution < -0.4 is 4.90 Å². The van der Waals surface area contributed by atoms with Crippen molar-refractivity contribution in [2.45, 2.75) is 13.1 Å². The Bertz CT molecular complexity index is 1050. The molecule has 33 heavy (non-hydrogen) atoms. The summed E-state index contributed by atoms with van der Waals surface area (Å²) in [6.45, 7) is 4.05. The molecule has 1 fully saturated rings. The monoisotopic (exact) mass is 445 g/mol. The van der Waals surface area contributed by atoms with Crippen LogP contribution in [0.3, 0.4) is 0 Å². The predicted octanol–water partition coefficient (Wildman–Crippen LogP) is 3.21. The summed E-state index contributed by atoms with van der Waals surface area (Å²) < 4.78 is 4.76. The van der Waals surface area contributed by atoms with E-state index in [9.17, 15) is 9.59 Å². The molecule has 1 aromatic heterocycles. The minimum Gasteiger partial charge on any atom is -0.465 e. The van der Waals surface area contributed by atoms with Crippen molar-refractivity contribution in [1.29, 1.82) is 0 Å². The highest BCUT2D eigenvalue weighted by Crippen LogP contribution is 2.17. The Kier molecular flexibility index (Phi) is 7.26. The molecule has 2 amide bonds. The molecule has 0 unspecified atom stereocenters. The second-order valence-electron chi connectivity index (χ2n) is 7.85. The second kappa shape index (κ2) is 10.7. The number of aromatic nitrogens is 2. The Hall–Kier alpha value is -3.78. The number of piperazine rings is 1. The van der Waals surface area contributed by atoms with Crippen molar-refractivity contribution in [2.24, 2.45) is 0 Å². The number of carbonyl (C=O) groups excluding carboxylic acids is 2. The van der Waals surface area contributed by atoms with Crippen molar-refractivity contribution in [1.82, 2.24) is 19.8 Å². The maximum Gasteiger partial charge on any atom is 0.337 e. The van der Waals surface area contributed by atoms with E-state index in [0.717, 1.165) is 25.2 Å². The van der Waals surface area contributed by atoms with Crippen molar-refractivity contribution in [3.8, 4) is 0 Å². The van der Waals surface area contributed by atoms with Crippen LogP contribution in [0.15, 0.2) is 73.1 Å². The zero-order valence-corrected chi connectivity index (χ0v) is 18.6. The summed E-state index contributed by atoms with van der Waals surface area (Å²) in [5, 5.41) is 0. The van der Waals surface area contributed by atoms with Crippen LogP contribution in [0.1, 0.15) is 21.5 Å². The number of esters is 1. The minimum absolute atomic E-state index is 0.127. The maximum atomic E-state index is 13.5. The molecular weight excluding hydrogens is 418 g/mol. The smallest absolute Gasteiger partial charge is 0.337 e. The van der Waals surface area contributed by atoms with Gasteiger partial charge in [-0.15, -0.1) is 0 Å². The second-order valence-corrected chi connectivity index (χ2v) is 7.85. The molecule has 170 valence electrons. The fourth-order valence-electron chi connectivity index (χ4n) is 3.81. The Morgan fingerprint density at radius 3 is 2.18 bits per heavy atom. The maximum absolute atomic E-state index is 13.5. The van der Waals surface area contributed by atoms with E-state index in [1.165, 1.54) is 12.7 Å². The summed E-state index contributed by atoms with van der Waals surface area (Å²) in [5.74, 6) is -0.0412. The van der Waals surface area contributed by atoms with E-state index in [-0.39, 0.29) is 6.03 Å². The number of carbonyl (C=O) groups is 2. The third-order valence-corrected chi connectivity index (χ3v) is 5.63. The van der Waals surface area contributed by atoms with Gasteiger partial charge >= 0.3 is 12.0 Å². The van der Waals surface area contributed by atoms with Crippen molar-refractivity contribution in [3.05, 3.63) is 89.7 Å². The van der Waals surface area contributed by atoms with Gasteiger partial charge in [-0.3, -0.25) is 9.80 Å². The number of amides is 2. The summed E-state index contributed by atoms with van der Waals surface area (Å²) in [4.78, 5) is 39.6. The number of benzene rings is 2. The standard InChI is InChI=1S/C25H27N5O3/c1-33-23(31)22-10-8-21(9-11-22)19-30(24-26-12-5-13-27-24)25(32)29-16-14-28(15-17-29)18-20-6-3-2-4-7-20/h2-13H,14-19H2,1H3. The van der Waals surface area contributed by atoms with E-state index in [1.54, 1.807) is 35.5 Å². The Labute approximate surface area is 193 Å². The van der Waals surface area contributed by atoms with Gasteiger partial charge in [0, 0.05) is 45.1 Å². The molecule has 4 rings (SSSR count). The Morgan fingerprint density at radius 2 is 1.55 bits per heavy atom. The van der Waals surface area contributed by atoms with Crippen LogP contribution in [0.5, 0.6) is 0 Å². The van der Waals surface area contributed by atoms with Gasteiger partial charge < -0.3 is 9.64 Å². The average molecular weight is 446 g/mol. The van der Waals surface area contributed by atoms with E-state index >= 15 is 0 Å². The topological polar surface area (TPSA) is 78.9 Å². The lowest BCUT2D eigenvalue weighted by Gasteiger charge is -2.37. The highest BCUT2D eigenvalue weighted by molar-refractivity contribution is 5.91. The zero-order valence-electron chi connectivity index (χ0n) is 18.6. The molecule has 8 heteroatoms. The van der Waals surface area contributed by atoms with Gasteiger partial charge in [-0.2, -0.15) is 0 Å². The zero-order chi connectivity index (χ0) is 23.0. The molecule has 0 N–H and O–H groups in total. The van der Waals surface area contributed by atoms with Gasteiger partial charge in [0.15, 0.2) is 0 Å². The fourth-order valence-corrected chi connectivity index (χ4v) is 3.81. The number of hydrogen-bond donors (Lipinski definition) is 0. The first kappa shape index (κ1) is 22.4. The van der Waals surface area contributed by atoms with E-state index in [2.05, 4.69) is 27.0 Å². The van der Waals surface area contributed by atoms with Crippen molar-refractivity contribution in [3.63, 3.8) is 0 Å². The first-order valence-electron chi connectivity index (χ1n) is 10.9. The number of anilines is 1. The van der Waals surface area contributed by atoms with Gasteiger partial charge in [-0.05, 0) is 29.3 Å². The normalized spacial score (nSPS) is 14.0. The summed E-state index contributed by atoms with van der Waals surface area (Å²) in [7, 11) is 1.35. The van der Waals surface area contributed by atoms with E-state index in [4.69, 9.17) is 4.74 Å². The SMILES string of the molecule is COC(=O)c1ccc(CN(C(=O)N2CCN(Cc3ccccc3)CC2)c2ncccn2)cc1. The molecule has 2 heterocycles. The highest BCUT2D eigenvalue weighted by Gasteiger charge is 2.27. The van der Waals surface area contributed by atoms with Gasteiger partial charge in [0.25, 0.3) is 0 Å². The van der Waals surface area contributed by atoms with Crippen LogP contribution in [-0.4, -0.2) is 65.1 Å². The number of hydrogen-bond acceptors (Lipinski definition) is 6. The molecule has 1 saturated heterocycles. The largest absolute Gasteiger partial charge is 0.465 e. The molecule has 0 atom stereocenters. The van der Waals surface area contributed by atoms with Crippen molar-refractivity contribution in [2.75, 3.05) is 38.2 Å². The molecule has 0 bridgehead atoms. The summed E-state index contributed by atoms with van der Waals surface area (Å²) in [5.41, 5.74) is 2.60. The third-order valence-electron chi connectivity index (χ3n) is 5.63. The molecule has 0 saturated carbocycles. The Morgan fingerprint density at radius 1 is 0.879 bits per heavy atom. The van der Waals surface area contributed by atoms with Crippen LogP contribution >= 0.6 is 0 Å². The van der Waals surface area contributed by atoms with Crippen LogP contribution in [0.4, 0.5) is 10.7 Å². The van der Waals surface area contributed by atoms with E-state index < -0.39 is 5.97 Å². The van der Waals surface area contributed by atoms with Crippen LogP contribution in [-0.2, 0) is 17.8 Å². The fraction of sp³-hybridized carbons (Fsp3) is 0.280. The highest BCUT2D eigenvalue weighted by atomic mass is 16.5. The van der Waals surface area contributed by atoms with Crippen molar-refractivity contribution < 1.29 is 14.3 Å². The number of nitrogens with zero attached hydrogens (tertiary/aromatic N) is 5. The molecule has 0 radical (unpaired) electrons. The molecule has 2 aromatic carbocycles. The third kappa shape index (κ3) is 5.72. The first-order chi connectivity index (χ1) is 16.1. The summed E-state index contributed by atoms with van der Waals surface area (Å²) in [6, 6.07) is 19.0. The van der Waals surface area contributed by atoms with Gasteiger partial charge in [-0.1, -0.05) is 42.5 Å². The lowest BCUT2D eigenvalue weighted by atomic mass is 10.1. The van der Waals surface area contributed by atoms with E-state index in [1.807, 2.05) is 35.2 Å². The molecule has 8 nitrogen and oxygen atoms in total. The lowest BCUT2D eigenvalue weighted by Crippen LogP contribution is -2.52. The number of rotatable bonds is 6. The summed E-state index contributed by atoms with van der Waals surface area (Å²) in [6.07, 6.45) is 3.25. The predicted molar refractivity (Wildman–Crippen MR) is 125 cm³/mol. The van der Waals surface area contributed by atoms with Gasteiger partial charge in [-0.25, -0.2) is 19.6 Å². The lowest BCUT2D eigenvalue weighted by molar-refractivity contribution is 0.0600. The van der Waals surface area contributed by atoms with Gasteiger partial charge in [0.05, 0.1) is 19.2 Å². The average Bonchev–Trinajstić information content (AvgIpc) is 2.88. The molecule has 1 aliphatic rings. The first-order valence-corrected chi connectivity index (χ1v) is 10.9. The van der Waals surface area contributed by atoms with Crippen LogP contribution in [0.25, 0.3) is 0 Å². The minimum atomic E-state index is -0.394. The Balaban J connectivity index is 1.44. The van der Waals surface area contributed by atoms with Crippen LogP contribution in [0, 0.1) is 0 Å². The molecule has 0 spiro atoms.